The maximum absolute atomic E-state index is 4.48. The molecule has 0 unspecified atom stereocenters. The van der Waals surface area contributed by atoms with E-state index < -0.39 is 0 Å². The second kappa shape index (κ2) is 4.85. The van der Waals surface area contributed by atoms with Crippen LogP contribution in [0.2, 0.25) is 0 Å². The van der Waals surface area contributed by atoms with Crippen LogP contribution in [0.1, 0.15) is 10.7 Å². The monoisotopic (exact) mass is 274 g/mol. The highest BCUT2D eigenvalue weighted by molar-refractivity contribution is 7.09. The second-order valence-electron chi connectivity index (χ2n) is 4.12. The van der Waals surface area contributed by atoms with Crippen molar-refractivity contribution >= 4 is 28.6 Å². The van der Waals surface area contributed by atoms with Gasteiger partial charge in [-0.25, -0.2) is 15.0 Å². The van der Waals surface area contributed by atoms with Gasteiger partial charge in [0.15, 0.2) is 11.5 Å². The lowest BCUT2D eigenvalue weighted by atomic mass is 10.5. The maximum Gasteiger partial charge on any atom is 0.180 e. The van der Waals surface area contributed by atoms with Crippen molar-refractivity contribution < 1.29 is 0 Å². The van der Waals surface area contributed by atoms with Gasteiger partial charge in [-0.3, -0.25) is 0 Å². The van der Waals surface area contributed by atoms with E-state index in [1.807, 2.05) is 36.1 Å². The van der Waals surface area contributed by atoms with E-state index in [4.69, 9.17) is 0 Å². The van der Waals surface area contributed by atoms with Gasteiger partial charge >= 0.3 is 0 Å². The molecule has 3 aromatic heterocycles. The molecule has 0 atom stereocenters. The molecule has 6 nitrogen and oxygen atoms in total. The normalized spacial score (nSPS) is 10.8. The number of nitrogens with zero attached hydrogens (tertiary/aromatic N) is 4. The molecule has 0 aliphatic carbocycles. The summed E-state index contributed by atoms with van der Waals surface area (Å²) in [6.45, 7) is 2.65. The molecule has 0 saturated heterocycles. The topological polar surface area (TPSA) is 67.1 Å². The van der Waals surface area contributed by atoms with Crippen molar-refractivity contribution in [3.63, 3.8) is 0 Å². The minimum Gasteiger partial charge on any atom is -0.372 e. The summed E-state index contributed by atoms with van der Waals surface area (Å²) in [7, 11) is 1.85. The highest BCUT2D eigenvalue weighted by atomic mass is 32.1. The molecule has 3 aromatic rings. The van der Waals surface area contributed by atoms with Crippen LogP contribution in [0.15, 0.2) is 24.0 Å². The van der Waals surface area contributed by atoms with Gasteiger partial charge in [-0.2, -0.15) is 0 Å². The van der Waals surface area contributed by atoms with Gasteiger partial charge in [0.25, 0.3) is 0 Å². The van der Waals surface area contributed by atoms with Crippen LogP contribution in [0.3, 0.4) is 0 Å². The predicted octanol–water partition coefficient (Wildman–Crippen LogP) is 2.15. The van der Waals surface area contributed by atoms with Gasteiger partial charge in [-0.15, -0.1) is 11.3 Å². The van der Waals surface area contributed by atoms with Crippen LogP contribution < -0.4 is 10.6 Å². The fraction of sp³-hybridized carbons (Fsp3) is 0.250. The van der Waals surface area contributed by atoms with E-state index in [0.29, 0.717) is 6.54 Å². The third-order valence-electron chi connectivity index (χ3n) is 2.70. The van der Waals surface area contributed by atoms with E-state index >= 15 is 0 Å². The molecule has 0 aromatic carbocycles. The molecular weight excluding hydrogens is 260 g/mol. The number of thiazole rings is 1. The van der Waals surface area contributed by atoms with Gasteiger partial charge in [0.2, 0.25) is 0 Å². The van der Waals surface area contributed by atoms with Crippen molar-refractivity contribution in [2.75, 3.05) is 17.7 Å². The molecule has 7 heteroatoms. The smallest absolute Gasteiger partial charge is 0.180 e. The lowest BCUT2D eigenvalue weighted by Gasteiger charge is -2.08. The standard InChI is InChI=1S/C12H14N6S/c1-8-7-19-10(16-8)5-15-11-12-14-3-4-18(12)6-9(13-2)17-11/h3-4,6-7,13H,5H2,1-2H3,(H,15,17). The lowest BCUT2D eigenvalue weighted by molar-refractivity contribution is 1.04. The van der Waals surface area contributed by atoms with Gasteiger partial charge in [-0.05, 0) is 6.92 Å². The van der Waals surface area contributed by atoms with Crippen LogP contribution in [0.5, 0.6) is 0 Å². The summed E-state index contributed by atoms with van der Waals surface area (Å²) < 4.78 is 1.94. The number of anilines is 2. The number of hydrogen-bond donors (Lipinski definition) is 2. The molecule has 0 fully saturated rings. The minimum atomic E-state index is 0.654. The molecule has 0 radical (unpaired) electrons. The number of aromatic nitrogens is 4. The third-order valence-corrected chi connectivity index (χ3v) is 3.67. The Hall–Kier alpha value is -2.15. The first-order chi connectivity index (χ1) is 9.26. The first-order valence-corrected chi connectivity index (χ1v) is 6.80. The van der Waals surface area contributed by atoms with Crippen LogP contribution in [-0.4, -0.2) is 26.4 Å². The van der Waals surface area contributed by atoms with E-state index in [-0.39, 0.29) is 0 Å². The molecule has 19 heavy (non-hydrogen) atoms. The SMILES string of the molecule is CNc1cn2ccnc2c(NCc2nc(C)cs2)n1. The quantitative estimate of drug-likeness (QED) is 0.763. The van der Waals surface area contributed by atoms with Crippen molar-refractivity contribution in [2.45, 2.75) is 13.5 Å². The summed E-state index contributed by atoms with van der Waals surface area (Å²) >= 11 is 1.64. The van der Waals surface area contributed by atoms with Gasteiger partial charge in [0, 0.05) is 30.5 Å². The molecule has 2 N–H and O–H groups in total. The minimum absolute atomic E-state index is 0.654. The van der Waals surface area contributed by atoms with Crippen molar-refractivity contribution in [1.82, 2.24) is 19.4 Å². The number of hydrogen-bond acceptors (Lipinski definition) is 6. The fourth-order valence-corrected chi connectivity index (χ4v) is 2.53. The van der Waals surface area contributed by atoms with E-state index in [0.717, 1.165) is 28.0 Å². The third kappa shape index (κ3) is 2.37. The Morgan fingerprint density at radius 1 is 1.37 bits per heavy atom. The molecule has 0 spiro atoms. The maximum atomic E-state index is 4.48. The molecule has 0 aliphatic heterocycles. The molecule has 3 heterocycles. The van der Waals surface area contributed by atoms with Gasteiger partial charge in [0.1, 0.15) is 10.8 Å². The lowest BCUT2D eigenvalue weighted by Crippen LogP contribution is -2.06. The molecule has 3 rings (SSSR count). The summed E-state index contributed by atoms with van der Waals surface area (Å²) in [5.41, 5.74) is 1.86. The number of fused-ring (bicyclic) bond motifs is 1. The van der Waals surface area contributed by atoms with Crippen molar-refractivity contribution in [3.05, 3.63) is 34.7 Å². The highest BCUT2D eigenvalue weighted by Crippen LogP contribution is 2.17. The number of aryl methyl sites for hydroxylation is 1. The number of rotatable bonds is 4. The zero-order valence-electron chi connectivity index (χ0n) is 10.7. The van der Waals surface area contributed by atoms with Crippen LogP contribution in [0, 0.1) is 6.92 Å². The van der Waals surface area contributed by atoms with Crippen molar-refractivity contribution in [1.29, 1.82) is 0 Å². The van der Waals surface area contributed by atoms with Crippen molar-refractivity contribution in [2.24, 2.45) is 0 Å². The molecule has 0 amide bonds. The van der Waals surface area contributed by atoms with E-state index in [2.05, 4.69) is 25.6 Å². The van der Waals surface area contributed by atoms with Crippen LogP contribution in [-0.2, 0) is 6.54 Å². The summed E-state index contributed by atoms with van der Waals surface area (Å²) in [6, 6.07) is 0. The number of imidazole rings is 1. The molecule has 0 saturated carbocycles. The van der Waals surface area contributed by atoms with Gasteiger partial charge in [-0.1, -0.05) is 0 Å². The molecule has 0 aliphatic rings. The first kappa shape index (κ1) is 11.9. The van der Waals surface area contributed by atoms with E-state index in [1.165, 1.54) is 0 Å². The zero-order valence-corrected chi connectivity index (χ0v) is 11.5. The second-order valence-corrected chi connectivity index (χ2v) is 5.06. The fourth-order valence-electron chi connectivity index (χ4n) is 1.81. The Labute approximate surface area is 114 Å². The first-order valence-electron chi connectivity index (χ1n) is 5.92. The molecule has 98 valence electrons. The molecule has 0 bridgehead atoms. The Morgan fingerprint density at radius 3 is 3.00 bits per heavy atom. The summed E-state index contributed by atoms with van der Waals surface area (Å²) in [5.74, 6) is 1.55. The summed E-state index contributed by atoms with van der Waals surface area (Å²) in [5, 5.41) is 9.41. The number of nitrogens with one attached hydrogen (secondary N) is 2. The molecular formula is C12H14N6S. The Bertz CT molecular complexity index is 701. The van der Waals surface area contributed by atoms with Crippen molar-refractivity contribution in [3.8, 4) is 0 Å². The zero-order chi connectivity index (χ0) is 13.2. The summed E-state index contributed by atoms with van der Waals surface area (Å²) in [4.78, 5) is 13.2. The highest BCUT2D eigenvalue weighted by Gasteiger charge is 2.07. The Kier molecular flexibility index (Phi) is 3.04. The van der Waals surface area contributed by atoms with Crippen LogP contribution in [0.4, 0.5) is 11.6 Å². The van der Waals surface area contributed by atoms with E-state index in [1.54, 1.807) is 17.5 Å². The Morgan fingerprint density at radius 2 is 2.26 bits per heavy atom. The van der Waals surface area contributed by atoms with Crippen LogP contribution in [0.25, 0.3) is 5.65 Å². The Balaban J connectivity index is 1.88. The largest absolute Gasteiger partial charge is 0.372 e. The summed E-state index contributed by atoms with van der Waals surface area (Å²) in [6.07, 6.45) is 5.56. The van der Waals surface area contributed by atoms with Gasteiger partial charge < -0.3 is 15.0 Å². The predicted molar refractivity (Wildman–Crippen MR) is 76.7 cm³/mol. The van der Waals surface area contributed by atoms with E-state index in [9.17, 15) is 0 Å². The average molecular weight is 274 g/mol. The van der Waals surface area contributed by atoms with Gasteiger partial charge in [0.05, 0.1) is 12.7 Å². The van der Waals surface area contributed by atoms with Crippen LogP contribution >= 0.6 is 11.3 Å². The average Bonchev–Trinajstić information content (AvgIpc) is 3.04.